The van der Waals surface area contributed by atoms with Crippen LogP contribution >= 0.6 is 0 Å². The maximum Gasteiger partial charge on any atom is 0.257 e. The van der Waals surface area contributed by atoms with Crippen molar-refractivity contribution in [2.45, 2.75) is 6.92 Å². The van der Waals surface area contributed by atoms with E-state index in [-0.39, 0.29) is 5.91 Å². The van der Waals surface area contributed by atoms with Crippen molar-refractivity contribution in [2.75, 3.05) is 5.32 Å². The molecule has 0 radical (unpaired) electrons. The van der Waals surface area contributed by atoms with Crippen molar-refractivity contribution in [2.24, 2.45) is 0 Å². The van der Waals surface area contributed by atoms with E-state index >= 15 is 0 Å². The van der Waals surface area contributed by atoms with Crippen molar-refractivity contribution >= 4 is 22.6 Å². The van der Waals surface area contributed by atoms with Crippen molar-refractivity contribution < 1.29 is 4.79 Å². The minimum Gasteiger partial charge on any atom is -0.322 e. The third-order valence-electron chi connectivity index (χ3n) is 4.14. The van der Waals surface area contributed by atoms with Crippen LogP contribution in [0.25, 0.3) is 16.7 Å². The van der Waals surface area contributed by atoms with Crippen LogP contribution in [-0.4, -0.2) is 20.4 Å². The highest BCUT2D eigenvalue weighted by Crippen LogP contribution is 2.20. The zero-order chi connectivity index (χ0) is 17.2. The van der Waals surface area contributed by atoms with E-state index in [0.29, 0.717) is 5.56 Å². The molecule has 122 valence electrons. The van der Waals surface area contributed by atoms with Crippen LogP contribution in [-0.2, 0) is 0 Å². The molecule has 4 rings (SSSR count). The first-order chi connectivity index (χ1) is 12.2. The Kier molecular flexibility index (Phi) is 3.74. The van der Waals surface area contributed by atoms with Gasteiger partial charge in [0.15, 0.2) is 0 Å². The standard InChI is InChI=1S/C20H16N4O/c1-14-10-11-21-12-17(14)20(25)23-15-6-8-16(9-7-15)24-13-22-18-4-2-3-5-19(18)24/h2-13H,1H3,(H,23,25). The van der Waals surface area contributed by atoms with E-state index in [0.717, 1.165) is 28.0 Å². The summed E-state index contributed by atoms with van der Waals surface area (Å²) in [6.07, 6.45) is 5.06. The van der Waals surface area contributed by atoms with Gasteiger partial charge in [-0.15, -0.1) is 0 Å². The molecule has 2 aromatic heterocycles. The van der Waals surface area contributed by atoms with Gasteiger partial charge in [0.25, 0.3) is 5.91 Å². The minimum absolute atomic E-state index is 0.161. The maximum atomic E-state index is 12.4. The summed E-state index contributed by atoms with van der Waals surface area (Å²) in [6.45, 7) is 1.89. The van der Waals surface area contributed by atoms with Crippen LogP contribution in [0.4, 0.5) is 5.69 Å². The van der Waals surface area contributed by atoms with Gasteiger partial charge >= 0.3 is 0 Å². The van der Waals surface area contributed by atoms with Crippen molar-refractivity contribution in [3.8, 4) is 5.69 Å². The summed E-state index contributed by atoms with van der Waals surface area (Å²) in [4.78, 5) is 20.8. The number of carbonyl (C=O) groups is 1. The molecular formula is C20H16N4O. The molecule has 0 aliphatic rings. The molecule has 5 nitrogen and oxygen atoms in total. The second-order valence-corrected chi connectivity index (χ2v) is 5.79. The molecule has 0 fully saturated rings. The fourth-order valence-electron chi connectivity index (χ4n) is 2.77. The van der Waals surface area contributed by atoms with Gasteiger partial charge in [0.1, 0.15) is 6.33 Å². The predicted octanol–water partition coefficient (Wildman–Crippen LogP) is 3.98. The lowest BCUT2D eigenvalue weighted by Crippen LogP contribution is -2.13. The van der Waals surface area contributed by atoms with Gasteiger partial charge in [0.2, 0.25) is 0 Å². The minimum atomic E-state index is -0.161. The van der Waals surface area contributed by atoms with E-state index in [1.165, 1.54) is 0 Å². The smallest absolute Gasteiger partial charge is 0.257 e. The Morgan fingerprint density at radius 3 is 2.64 bits per heavy atom. The molecule has 0 spiro atoms. The number of para-hydroxylation sites is 2. The lowest BCUT2D eigenvalue weighted by Gasteiger charge is -2.09. The highest BCUT2D eigenvalue weighted by atomic mass is 16.1. The number of pyridine rings is 1. The fraction of sp³-hybridized carbons (Fsp3) is 0.0500. The first kappa shape index (κ1) is 15.1. The normalized spacial score (nSPS) is 10.8. The van der Waals surface area contributed by atoms with Gasteiger partial charge in [0.05, 0.1) is 16.6 Å². The Bertz CT molecular complexity index is 1050. The number of rotatable bonds is 3. The summed E-state index contributed by atoms with van der Waals surface area (Å²) < 4.78 is 2.02. The SMILES string of the molecule is Cc1ccncc1C(=O)Nc1ccc(-n2cnc3ccccc32)cc1. The highest BCUT2D eigenvalue weighted by molar-refractivity contribution is 6.05. The number of benzene rings is 2. The zero-order valence-electron chi connectivity index (χ0n) is 13.7. The largest absolute Gasteiger partial charge is 0.322 e. The van der Waals surface area contributed by atoms with Crippen molar-refractivity contribution in [3.05, 3.63) is 84.4 Å². The van der Waals surface area contributed by atoms with Crippen LogP contribution in [0.2, 0.25) is 0 Å². The zero-order valence-corrected chi connectivity index (χ0v) is 13.7. The second-order valence-electron chi connectivity index (χ2n) is 5.79. The summed E-state index contributed by atoms with van der Waals surface area (Å²) in [5.41, 5.74) is 5.20. The fourth-order valence-corrected chi connectivity index (χ4v) is 2.77. The molecular weight excluding hydrogens is 312 g/mol. The summed E-state index contributed by atoms with van der Waals surface area (Å²) in [7, 11) is 0. The molecule has 1 amide bonds. The average molecular weight is 328 g/mol. The lowest BCUT2D eigenvalue weighted by atomic mass is 10.1. The first-order valence-corrected chi connectivity index (χ1v) is 7.97. The molecule has 0 aliphatic heterocycles. The summed E-state index contributed by atoms with van der Waals surface area (Å²) in [5.74, 6) is -0.161. The van der Waals surface area contributed by atoms with Gasteiger partial charge in [-0.3, -0.25) is 14.3 Å². The molecule has 1 N–H and O–H groups in total. The number of hydrogen-bond acceptors (Lipinski definition) is 3. The number of aromatic nitrogens is 3. The Hall–Kier alpha value is -3.47. The van der Waals surface area contributed by atoms with E-state index < -0.39 is 0 Å². The van der Waals surface area contributed by atoms with E-state index in [1.807, 2.05) is 66.1 Å². The monoisotopic (exact) mass is 328 g/mol. The molecule has 0 atom stereocenters. The second kappa shape index (κ2) is 6.20. The van der Waals surface area contributed by atoms with Crippen molar-refractivity contribution in [1.29, 1.82) is 0 Å². The van der Waals surface area contributed by atoms with Crippen LogP contribution in [0.5, 0.6) is 0 Å². The summed E-state index contributed by atoms with van der Waals surface area (Å²) in [5, 5.41) is 2.90. The van der Waals surface area contributed by atoms with Crippen LogP contribution in [0.1, 0.15) is 15.9 Å². The number of nitrogens with one attached hydrogen (secondary N) is 1. The molecule has 0 aliphatic carbocycles. The maximum absolute atomic E-state index is 12.4. The average Bonchev–Trinajstić information content (AvgIpc) is 3.07. The molecule has 2 aromatic carbocycles. The molecule has 25 heavy (non-hydrogen) atoms. The summed E-state index contributed by atoms with van der Waals surface area (Å²) >= 11 is 0. The number of imidazole rings is 1. The molecule has 4 aromatic rings. The van der Waals surface area contributed by atoms with E-state index in [2.05, 4.69) is 15.3 Å². The van der Waals surface area contributed by atoms with Gasteiger partial charge in [-0.1, -0.05) is 12.1 Å². The van der Waals surface area contributed by atoms with Crippen LogP contribution in [0.15, 0.2) is 73.3 Å². The van der Waals surface area contributed by atoms with Crippen molar-refractivity contribution in [3.63, 3.8) is 0 Å². The van der Waals surface area contributed by atoms with E-state index in [4.69, 9.17) is 0 Å². The number of aryl methyl sites for hydroxylation is 1. The van der Waals surface area contributed by atoms with Gasteiger partial charge in [-0.2, -0.15) is 0 Å². The molecule has 0 saturated heterocycles. The Morgan fingerprint density at radius 1 is 1.04 bits per heavy atom. The lowest BCUT2D eigenvalue weighted by molar-refractivity contribution is 0.102. The third-order valence-corrected chi connectivity index (χ3v) is 4.14. The number of fused-ring (bicyclic) bond motifs is 1. The van der Waals surface area contributed by atoms with Gasteiger partial charge in [-0.25, -0.2) is 4.98 Å². The molecule has 5 heteroatoms. The number of amides is 1. The number of anilines is 1. The van der Waals surface area contributed by atoms with Gasteiger partial charge in [0, 0.05) is 23.8 Å². The van der Waals surface area contributed by atoms with E-state index in [9.17, 15) is 4.79 Å². The number of carbonyl (C=O) groups excluding carboxylic acids is 1. The van der Waals surface area contributed by atoms with Crippen LogP contribution in [0, 0.1) is 6.92 Å². The van der Waals surface area contributed by atoms with Gasteiger partial charge < -0.3 is 5.32 Å². The quantitative estimate of drug-likeness (QED) is 0.619. The number of nitrogens with zero attached hydrogens (tertiary/aromatic N) is 3. The highest BCUT2D eigenvalue weighted by Gasteiger charge is 2.09. The third kappa shape index (κ3) is 2.87. The summed E-state index contributed by atoms with van der Waals surface area (Å²) in [6, 6.07) is 17.5. The van der Waals surface area contributed by atoms with Crippen LogP contribution < -0.4 is 5.32 Å². The predicted molar refractivity (Wildman–Crippen MR) is 98.0 cm³/mol. The Morgan fingerprint density at radius 2 is 1.84 bits per heavy atom. The first-order valence-electron chi connectivity index (χ1n) is 7.97. The number of hydrogen-bond donors (Lipinski definition) is 1. The topological polar surface area (TPSA) is 59.8 Å². The molecule has 0 saturated carbocycles. The Labute approximate surface area is 145 Å². The molecule has 2 heterocycles. The Balaban J connectivity index is 1.58. The van der Waals surface area contributed by atoms with E-state index in [1.54, 1.807) is 18.7 Å². The van der Waals surface area contributed by atoms with Crippen LogP contribution in [0.3, 0.4) is 0 Å². The molecule has 0 bridgehead atoms. The molecule has 0 unspecified atom stereocenters. The van der Waals surface area contributed by atoms with Crippen molar-refractivity contribution in [1.82, 2.24) is 14.5 Å². The van der Waals surface area contributed by atoms with Gasteiger partial charge in [-0.05, 0) is 55.0 Å².